The largest absolute Gasteiger partial charge is 0.377 e. The Kier molecular flexibility index (Phi) is 5.51. The maximum Gasteiger partial charge on any atom is 0.214 e. The average Bonchev–Trinajstić information content (AvgIpc) is 2.78. The summed E-state index contributed by atoms with van der Waals surface area (Å²) in [5.74, 6) is 0.116. The number of sulfonamides is 1. The molecule has 1 atom stereocenters. The maximum absolute atomic E-state index is 12.2. The Bertz CT molecular complexity index is 640. The Morgan fingerprint density at radius 1 is 1.21 bits per heavy atom. The minimum atomic E-state index is -3.21. The molecule has 3 heterocycles. The quantitative estimate of drug-likeness (QED) is 0.775. The highest BCUT2D eigenvalue weighted by atomic mass is 32.2. The predicted molar refractivity (Wildman–Crippen MR) is 90.0 cm³/mol. The molecule has 0 saturated carbocycles. The molecule has 0 radical (unpaired) electrons. The first-order chi connectivity index (χ1) is 11.5. The van der Waals surface area contributed by atoms with Crippen molar-refractivity contribution in [3.05, 3.63) is 30.1 Å². The van der Waals surface area contributed by atoms with Gasteiger partial charge in [0.25, 0.3) is 0 Å². The van der Waals surface area contributed by atoms with E-state index in [2.05, 4.69) is 9.88 Å². The first kappa shape index (κ1) is 17.8. The van der Waals surface area contributed by atoms with Crippen molar-refractivity contribution >= 4 is 10.0 Å². The van der Waals surface area contributed by atoms with Crippen molar-refractivity contribution in [2.24, 2.45) is 0 Å². The van der Waals surface area contributed by atoms with Gasteiger partial charge in [0.2, 0.25) is 10.0 Å². The first-order valence-corrected chi connectivity index (χ1v) is 9.95. The van der Waals surface area contributed by atoms with Gasteiger partial charge in [-0.2, -0.15) is 4.31 Å². The van der Waals surface area contributed by atoms with Crippen LogP contribution in [0.4, 0.5) is 0 Å². The molecule has 2 saturated heterocycles. The van der Waals surface area contributed by atoms with Crippen LogP contribution < -0.4 is 0 Å². The van der Waals surface area contributed by atoms with Crippen molar-refractivity contribution in [2.75, 3.05) is 51.8 Å². The van der Waals surface area contributed by atoms with Gasteiger partial charge in [0.1, 0.15) is 5.60 Å². The van der Waals surface area contributed by atoms with Crippen LogP contribution in [-0.4, -0.2) is 80.0 Å². The van der Waals surface area contributed by atoms with E-state index in [1.165, 1.54) is 5.56 Å². The summed E-state index contributed by atoms with van der Waals surface area (Å²) in [7, 11) is -3.21. The number of nitrogens with zero attached hydrogens (tertiary/aromatic N) is 3. The van der Waals surface area contributed by atoms with E-state index in [0.717, 1.165) is 13.1 Å². The van der Waals surface area contributed by atoms with E-state index < -0.39 is 15.6 Å². The van der Waals surface area contributed by atoms with Gasteiger partial charge in [-0.25, -0.2) is 8.42 Å². The normalized spacial score (nSPS) is 27.2. The molecule has 0 bridgehead atoms. The minimum absolute atomic E-state index is 0.116. The number of hydrogen-bond acceptors (Lipinski definition) is 6. The van der Waals surface area contributed by atoms with Crippen LogP contribution in [0.15, 0.2) is 24.5 Å². The van der Waals surface area contributed by atoms with E-state index in [1.54, 1.807) is 23.6 Å². The summed E-state index contributed by atoms with van der Waals surface area (Å²) < 4.78 is 37.8. The van der Waals surface area contributed by atoms with Crippen LogP contribution in [0.3, 0.4) is 0 Å². The predicted octanol–water partition coefficient (Wildman–Crippen LogP) is 0.335. The molecule has 0 N–H and O–H groups in total. The Labute approximate surface area is 143 Å². The molecule has 0 amide bonds. The Balaban J connectivity index is 1.73. The molecular weight excluding hydrogens is 330 g/mol. The van der Waals surface area contributed by atoms with Crippen molar-refractivity contribution in [3.8, 4) is 0 Å². The summed E-state index contributed by atoms with van der Waals surface area (Å²) in [5, 5.41) is 0. The van der Waals surface area contributed by atoms with Gasteiger partial charge in [-0.1, -0.05) is 0 Å². The molecule has 24 heavy (non-hydrogen) atoms. The highest BCUT2D eigenvalue weighted by molar-refractivity contribution is 7.89. The Morgan fingerprint density at radius 2 is 2.00 bits per heavy atom. The monoisotopic (exact) mass is 355 g/mol. The summed E-state index contributed by atoms with van der Waals surface area (Å²) >= 11 is 0. The van der Waals surface area contributed by atoms with Crippen LogP contribution in [0.25, 0.3) is 0 Å². The summed E-state index contributed by atoms with van der Waals surface area (Å²) in [6.45, 7) is 6.14. The molecule has 1 aromatic heterocycles. The third-order valence-electron chi connectivity index (χ3n) is 4.56. The van der Waals surface area contributed by atoms with E-state index >= 15 is 0 Å². The molecule has 0 unspecified atom stereocenters. The van der Waals surface area contributed by atoms with E-state index in [9.17, 15) is 8.42 Å². The van der Waals surface area contributed by atoms with Gasteiger partial charge in [-0.3, -0.25) is 9.88 Å². The summed E-state index contributed by atoms with van der Waals surface area (Å²) in [6.07, 6.45) is 3.57. The summed E-state index contributed by atoms with van der Waals surface area (Å²) in [6, 6.07) is 3.99. The van der Waals surface area contributed by atoms with Crippen molar-refractivity contribution < 1.29 is 17.9 Å². The first-order valence-electron chi connectivity index (χ1n) is 8.34. The zero-order chi connectivity index (χ0) is 17.0. The van der Waals surface area contributed by atoms with Crippen LogP contribution in [-0.2, 0) is 26.0 Å². The number of hydrogen-bond donors (Lipinski definition) is 0. The molecule has 2 aliphatic heterocycles. The zero-order valence-electron chi connectivity index (χ0n) is 14.1. The molecule has 8 heteroatoms. The molecule has 134 valence electrons. The van der Waals surface area contributed by atoms with Gasteiger partial charge >= 0.3 is 0 Å². The van der Waals surface area contributed by atoms with Crippen molar-refractivity contribution in [2.45, 2.75) is 19.1 Å². The molecule has 2 fully saturated rings. The number of aromatic nitrogens is 1. The van der Waals surface area contributed by atoms with Gasteiger partial charge in [-0.15, -0.1) is 0 Å². The lowest BCUT2D eigenvalue weighted by Gasteiger charge is -2.42. The number of rotatable bonds is 4. The lowest BCUT2D eigenvalue weighted by molar-refractivity contribution is -0.126. The topological polar surface area (TPSA) is 72.0 Å². The summed E-state index contributed by atoms with van der Waals surface area (Å²) in [4.78, 5) is 6.31. The molecule has 1 spiro atoms. The third kappa shape index (κ3) is 4.12. The molecule has 0 aliphatic carbocycles. The second-order valence-corrected chi connectivity index (χ2v) is 8.64. The number of morpholine rings is 1. The van der Waals surface area contributed by atoms with Crippen LogP contribution in [0.5, 0.6) is 0 Å². The van der Waals surface area contributed by atoms with E-state index in [-0.39, 0.29) is 5.75 Å². The zero-order valence-corrected chi connectivity index (χ0v) is 14.9. The molecule has 1 aromatic rings. The fourth-order valence-corrected chi connectivity index (χ4v) is 4.43. The molecule has 2 aliphatic rings. The van der Waals surface area contributed by atoms with Crippen LogP contribution in [0, 0.1) is 0 Å². The van der Waals surface area contributed by atoms with E-state index in [0.29, 0.717) is 39.5 Å². The number of pyridine rings is 1. The van der Waals surface area contributed by atoms with Gasteiger partial charge in [0, 0.05) is 45.1 Å². The van der Waals surface area contributed by atoms with E-state index in [1.807, 2.05) is 12.1 Å². The van der Waals surface area contributed by atoms with Crippen LogP contribution in [0.2, 0.25) is 0 Å². The Morgan fingerprint density at radius 3 is 2.75 bits per heavy atom. The van der Waals surface area contributed by atoms with Crippen molar-refractivity contribution in [1.29, 1.82) is 0 Å². The standard InChI is InChI=1S/C16H25N3O4S/c1-2-24(20,21)19-8-10-23-16(13-19)12-18(7-9-22-14-16)11-15-3-5-17-6-4-15/h3-6H,2,7-14H2,1H3/t16-/m1/s1. The lowest BCUT2D eigenvalue weighted by Crippen LogP contribution is -2.59. The van der Waals surface area contributed by atoms with Crippen LogP contribution in [0.1, 0.15) is 12.5 Å². The Hall–Kier alpha value is -1.06. The second kappa shape index (κ2) is 7.45. The van der Waals surface area contributed by atoms with Crippen molar-refractivity contribution in [1.82, 2.24) is 14.2 Å². The smallest absolute Gasteiger partial charge is 0.214 e. The molecule has 0 aromatic carbocycles. The fourth-order valence-electron chi connectivity index (χ4n) is 3.28. The average molecular weight is 355 g/mol. The van der Waals surface area contributed by atoms with Crippen LogP contribution >= 0.6 is 0 Å². The highest BCUT2D eigenvalue weighted by Crippen LogP contribution is 2.25. The van der Waals surface area contributed by atoms with Crippen molar-refractivity contribution in [3.63, 3.8) is 0 Å². The fraction of sp³-hybridized carbons (Fsp3) is 0.688. The third-order valence-corrected chi connectivity index (χ3v) is 6.38. The minimum Gasteiger partial charge on any atom is -0.377 e. The number of ether oxygens (including phenoxy) is 2. The SMILES string of the molecule is CCS(=O)(=O)N1CCO[C@@]2(COCCN(Cc3ccncc3)C2)C1. The van der Waals surface area contributed by atoms with E-state index in [4.69, 9.17) is 9.47 Å². The van der Waals surface area contributed by atoms with Gasteiger partial charge < -0.3 is 9.47 Å². The van der Waals surface area contributed by atoms with Gasteiger partial charge in [0.15, 0.2) is 0 Å². The molecule has 3 rings (SSSR count). The molecule has 7 nitrogen and oxygen atoms in total. The van der Waals surface area contributed by atoms with Gasteiger partial charge in [-0.05, 0) is 24.6 Å². The molecular formula is C16H25N3O4S. The maximum atomic E-state index is 12.2. The summed E-state index contributed by atoms with van der Waals surface area (Å²) in [5.41, 5.74) is 0.584. The second-order valence-electron chi connectivity index (χ2n) is 6.38. The highest BCUT2D eigenvalue weighted by Gasteiger charge is 2.43. The lowest BCUT2D eigenvalue weighted by atomic mass is 10.0. The van der Waals surface area contributed by atoms with Gasteiger partial charge in [0.05, 0.1) is 25.6 Å².